The molecule has 0 radical (unpaired) electrons. The van der Waals surface area contributed by atoms with Crippen molar-refractivity contribution >= 4 is 5.91 Å². The van der Waals surface area contributed by atoms with Crippen molar-refractivity contribution in [2.75, 3.05) is 6.54 Å². The summed E-state index contributed by atoms with van der Waals surface area (Å²) in [5, 5.41) is 4.47. The third kappa shape index (κ3) is 2.69. The summed E-state index contributed by atoms with van der Waals surface area (Å²) in [6, 6.07) is 15.7. The first kappa shape index (κ1) is 14.6. The van der Waals surface area contributed by atoms with Crippen LogP contribution in [0.3, 0.4) is 0 Å². The normalized spacial score (nSPS) is 17.2. The van der Waals surface area contributed by atoms with Crippen LogP contribution in [-0.4, -0.2) is 32.1 Å². The molecule has 5 heteroatoms. The van der Waals surface area contributed by atoms with E-state index in [0.29, 0.717) is 5.69 Å². The monoisotopic (exact) mass is 318 g/mol. The van der Waals surface area contributed by atoms with Gasteiger partial charge in [-0.05, 0) is 48.7 Å². The average Bonchev–Trinajstić information content (AvgIpc) is 3.32. The summed E-state index contributed by atoms with van der Waals surface area (Å²) in [4.78, 5) is 18.9. The topological polar surface area (TPSA) is 51.0 Å². The number of hydrogen-bond acceptors (Lipinski definition) is 3. The zero-order valence-electron chi connectivity index (χ0n) is 13.2. The van der Waals surface area contributed by atoms with E-state index in [2.05, 4.69) is 10.1 Å². The van der Waals surface area contributed by atoms with Crippen molar-refractivity contribution in [1.29, 1.82) is 0 Å². The van der Waals surface area contributed by atoms with Gasteiger partial charge in [-0.25, -0.2) is 4.68 Å². The van der Waals surface area contributed by atoms with Crippen LogP contribution in [0, 0.1) is 0 Å². The smallest absolute Gasteiger partial charge is 0.274 e. The standard InChI is InChI=1S/C19H18N4O/c24-19(17-10-14-23(21-17)16-5-2-1-3-6-16)22-13-4-7-18(22)15-8-11-20-12-9-15/h1-3,5-6,8-12,14,18H,4,7,13H2/t18-/m1/s1. The first-order valence-electron chi connectivity index (χ1n) is 8.15. The summed E-state index contributed by atoms with van der Waals surface area (Å²) in [7, 11) is 0. The molecule has 1 aliphatic rings. The van der Waals surface area contributed by atoms with Gasteiger partial charge >= 0.3 is 0 Å². The second-order valence-corrected chi connectivity index (χ2v) is 5.92. The van der Waals surface area contributed by atoms with Crippen molar-refractivity contribution in [3.63, 3.8) is 0 Å². The molecule has 0 bridgehead atoms. The summed E-state index contributed by atoms with van der Waals surface area (Å²) >= 11 is 0. The Hall–Kier alpha value is -2.95. The van der Waals surface area contributed by atoms with Crippen LogP contribution < -0.4 is 0 Å². The molecule has 3 heterocycles. The zero-order chi connectivity index (χ0) is 16.4. The summed E-state index contributed by atoms with van der Waals surface area (Å²) in [6.07, 6.45) is 7.38. The molecular weight excluding hydrogens is 300 g/mol. The maximum absolute atomic E-state index is 12.9. The molecule has 0 aliphatic carbocycles. The Morgan fingerprint density at radius 2 is 1.83 bits per heavy atom. The van der Waals surface area contributed by atoms with Gasteiger partial charge in [0.15, 0.2) is 5.69 Å². The Kier molecular flexibility index (Phi) is 3.83. The number of carbonyl (C=O) groups excluding carboxylic acids is 1. The van der Waals surface area contributed by atoms with Crippen molar-refractivity contribution in [2.24, 2.45) is 0 Å². The molecule has 1 saturated heterocycles. The van der Waals surface area contributed by atoms with E-state index in [9.17, 15) is 4.79 Å². The number of para-hydroxylation sites is 1. The van der Waals surface area contributed by atoms with Crippen molar-refractivity contribution < 1.29 is 4.79 Å². The highest BCUT2D eigenvalue weighted by molar-refractivity contribution is 5.92. The maximum Gasteiger partial charge on any atom is 0.274 e. The van der Waals surface area contributed by atoms with E-state index >= 15 is 0 Å². The first-order chi connectivity index (χ1) is 11.8. The fourth-order valence-corrected chi connectivity index (χ4v) is 3.25. The summed E-state index contributed by atoms with van der Waals surface area (Å²) in [5.74, 6) is -0.0102. The van der Waals surface area contributed by atoms with Crippen LogP contribution in [0.2, 0.25) is 0 Å². The quantitative estimate of drug-likeness (QED) is 0.745. The highest BCUT2D eigenvalue weighted by atomic mass is 16.2. The number of rotatable bonds is 3. The molecule has 0 spiro atoms. The number of amides is 1. The fraction of sp³-hybridized carbons (Fsp3) is 0.211. The maximum atomic E-state index is 12.9. The van der Waals surface area contributed by atoms with Crippen LogP contribution in [0.15, 0.2) is 67.1 Å². The van der Waals surface area contributed by atoms with Crippen LogP contribution in [0.5, 0.6) is 0 Å². The average molecular weight is 318 g/mol. The minimum atomic E-state index is -0.0102. The third-order valence-corrected chi connectivity index (χ3v) is 4.43. The highest BCUT2D eigenvalue weighted by Gasteiger charge is 2.31. The number of benzene rings is 1. The van der Waals surface area contributed by atoms with Crippen LogP contribution in [0.25, 0.3) is 5.69 Å². The number of aromatic nitrogens is 3. The number of hydrogen-bond donors (Lipinski definition) is 0. The van der Waals surface area contributed by atoms with Crippen molar-refractivity contribution in [1.82, 2.24) is 19.7 Å². The van der Waals surface area contributed by atoms with Gasteiger partial charge in [0.25, 0.3) is 5.91 Å². The molecule has 120 valence electrons. The summed E-state index contributed by atoms with van der Waals surface area (Å²) in [6.45, 7) is 0.768. The molecule has 0 unspecified atom stereocenters. The van der Waals surface area contributed by atoms with Gasteiger partial charge in [-0.2, -0.15) is 5.10 Å². The van der Waals surface area contributed by atoms with E-state index in [1.807, 2.05) is 53.6 Å². The molecule has 0 saturated carbocycles. The van der Waals surface area contributed by atoms with Crippen molar-refractivity contribution in [3.05, 3.63) is 78.4 Å². The number of carbonyl (C=O) groups is 1. The van der Waals surface area contributed by atoms with Crippen LogP contribution in [0.4, 0.5) is 0 Å². The second kappa shape index (κ2) is 6.28. The van der Waals surface area contributed by atoms with E-state index in [1.165, 1.54) is 0 Å². The van der Waals surface area contributed by atoms with Crippen LogP contribution in [-0.2, 0) is 0 Å². The molecule has 2 aromatic heterocycles. The third-order valence-electron chi connectivity index (χ3n) is 4.43. The van der Waals surface area contributed by atoms with E-state index in [4.69, 9.17) is 0 Å². The molecule has 1 aromatic carbocycles. The molecule has 1 amide bonds. The van der Waals surface area contributed by atoms with Gasteiger partial charge in [0.05, 0.1) is 11.7 Å². The Morgan fingerprint density at radius 1 is 1.04 bits per heavy atom. The molecule has 3 aromatic rings. The Balaban J connectivity index is 1.58. The molecular formula is C19H18N4O. The fourth-order valence-electron chi connectivity index (χ4n) is 3.25. The van der Waals surface area contributed by atoms with Crippen molar-refractivity contribution in [3.8, 4) is 5.69 Å². The molecule has 1 atom stereocenters. The van der Waals surface area contributed by atoms with Gasteiger partial charge in [-0.15, -0.1) is 0 Å². The van der Waals surface area contributed by atoms with Gasteiger partial charge in [0.2, 0.25) is 0 Å². The molecule has 4 rings (SSSR count). The lowest BCUT2D eigenvalue weighted by Gasteiger charge is -2.24. The minimum absolute atomic E-state index is 0.0102. The van der Waals surface area contributed by atoms with Crippen LogP contribution >= 0.6 is 0 Å². The predicted molar refractivity (Wildman–Crippen MR) is 90.8 cm³/mol. The number of nitrogens with zero attached hydrogens (tertiary/aromatic N) is 4. The summed E-state index contributed by atoms with van der Waals surface area (Å²) < 4.78 is 1.74. The molecule has 5 nitrogen and oxygen atoms in total. The minimum Gasteiger partial charge on any atom is -0.330 e. The van der Waals surface area contributed by atoms with Gasteiger partial charge in [-0.1, -0.05) is 18.2 Å². The Bertz CT molecular complexity index is 829. The highest BCUT2D eigenvalue weighted by Crippen LogP contribution is 2.32. The Morgan fingerprint density at radius 3 is 2.62 bits per heavy atom. The lowest BCUT2D eigenvalue weighted by Crippen LogP contribution is -2.31. The first-order valence-corrected chi connectivity index (χ1v) is 8.15. The van der Waals surface area contributed by atoms with E-state index in [-0.39, 0.29) is 11.9 Å². The van der Waals surface area contributed by atoms with Gasteiger partial charge < -0.3 is 4.90 Å². The van der Waals surface area contributed by atoms with Gasteiger partial charge in [-0.3, -0.25) is 9.78 Å². The Labute approximate surface area is 140 Å². The molecule has 1 aliphatic heterocycles. The zero-order valence-corrected chi connectivity index (χ0v) is 13.2. The number of likely N-dealkylation sites (tertiary alicyclic amines) is 1. The van der Waals surface area contributed by atoms with Crippen LogP contribution in [0.1, 0.15) is 34.9 Å². The lowest BCUT2D eigenvalue weighted by molar-refractivity contribution is 0.0729. The molecule has 0 N–H and O–H groups in total. The molecule has 1 fully saturated rings. The van der Waals surface area contributed by atoms with Gasteiger partial charge in [0, 0.05) is 25.1 Å². The summed E-state index contributed by atoms with van der Waals surface area (Å²) in [5.41, 5.74) is 2.57. The second-order valence-electron chi connectivity index (χ2n) is 5.92. The van der Waals surface area contributed by atoms with Gasteiger partial charge in [0.1, 0.15) is 0 Å². The lowest BCUT2D eigenvalue weighted by atomic mass is 10.1. The van der Waals surface area contributed by atoms with E-state index < -0.39 is 0 Å². The largest absolute Gasteiger partial charge is 0.330 e. The van der Waals surface area contributed by atoms with E-state index in [1.54, 1.807) is 23.1 Å². The predicted octanol–water partition coefficient (Wildman–Crippen LogP) is 3.24. The van der Waals surface area contributed by atoms with E-state index in [0.717, 1.165) is 30.6 Å². The number of pyridine rings is 1. The SMILES string of the molecule is O=C(c1ccn(-c2ccccc2)n1)N1CCC[C@@H]1c1ccncc1. The molecule has 24 heavy (non-hydrogen) atoms. The van der Waals surface area contributed by atoms with Crippen molar-refractivity contribution in [2.45, 2.75) is 18.9 Å².